The van der Waals surface area contributed by atoms with Crippen LogP contribution in [-0.2, 0) is 14.3 Å². The highest BCUT2D eigenvalue weighted by Gasteiger charge is 2.34. The molecule has 2 aromatic carbocycles. The van der Waals surface area contributed by atoms with Gasteiger partial charge in [0, 0.05) is 12.7 Å². The van der Waals surface area contributed by atoms with E-state index >= 15 is 0 Å². The lowest BCUT2D eigenvalue weighted by molar-refractivity contribution is -0.139. The second-order valence-electron chi connectivity index (χ2n) is 8.55. The van der Waals surface area contributed by atoms with Crippen LogP contribution in [0.15, 0.2) is 48.5 Å². The van der Waals surface area contributed by atoms with Gasteiger partial charge >= 0.3 is 6.09 Å². The van der Waals surface area contributed by atoms with Gasteiger partial charge in [-0.15, -0.1) is 0 Å². The van der Waals surface area contributed by atoms with Gasteiger partial charge in [-0.2, -0.15) is 0 Å². The number of phenolic OH excluding ortho intramolecular Hbond substituents is 1. The van der Waals surface area contributed by atoms with Gasteiger partial charge in [-0.25, -0.2) is 4.79 Å². The van der Waals surface area contributed by atoms with Crippen molar-refractivity contribution in [2.24, 2.45) is 0 Å². The number of aromatic hydroxyl groups is 1. The van der Waals surface area contributed by atoms with Crippen LogP contribution in [0.25, 0.3) is 0 Å². The summed E-state index contributed by atoms with van der Waals surface area (Å²) >= 11 is 0. The van der Waals surface area contributed by atoms with Crippen LogP contribution in [0.3, 0.4) is 0 Å². The summed E-state index contributed by atoms with van der Waals surface area (Å²) in [5, 5.41) is 24.7. The van der Waals surface area contributed by atoms with Crippen LogP contribution in [0.5, 0.6) is 11.5 Å². The Morgan fingerprint density at radius 2 is 1.74 bits per heavy atom. The summed E-state index contributed by atoms with van der Waals surface area (Å²) in [6.45, 7) is 4.27. The lowest BCUT2D eigenvalue weighted by atomic mass is 10.0. The van der Waals surface area contributed by atoms with E-state index in [0.717, 1.165) is 4.90 Å². The van der Waals surface area contributed by atoms with Gasteiger partial charge in [0.2, 0.25) is 5.91 Å². The number of phenols is 1. The van der Waals surface area contributed by atoms with Crippen LogP contribution >= 0.6 is 0 Å². The minimum atomic E-state index is -1.35. The number of carbonyl (C=O) groups excluding carboxylic acids is 3. The smallest absolute Gasteiger partial charge is 0.408 e. The third-order valence-electron chi connectivity index (χ3n) is 4.70. The fourth-order valence-corrected chi connectivity index (χ4v) is 3.14. The van der Waals surface area contributed by atoms with Crippen molar-refractivity contribution in [2.45, 2.75) is 38.5 Å². The maximum atomic E-state index is 13.3. The number of ether oxygens (including phenoxy) is 2. The lowest BCUT2D eigenvalue weighted by Gasteiger charge is -2.31. The highest BCUT2D eigenvalue weighted by Crippen LogP contribution is 2.26. The van der Waals surface area contributed by atoms with Crippen LogP contribution in [0, 0.1) is 0 Å². The van der Waals surface area contributed by atoms with E-state index in [1.54, 1.807) is 57.2 Å². The SMILES string of the molecule is COc1ccc(NC(=O)C(c2cccc(O)c2)N(C)C(=O)C(CO)NC(=O)OC(C)(C)C)cc1. The molecule has 10 heteroatoms. The standard InChI is InChI=1S/C24H31N3O7/c1-24(2,3)34-23(32)26-19(14-28)22(31)27(4)20(15-7-6-8-17(29)13-15)21(30)25-16-9-11-18(33-5)12-10-16/h6-13,19-20,28-29H,14H2,1-5H3,(H,25,30)(H,26,32). The Hall–Kier alpha value is -3.79. The predicted molar refractivity (Wildman–Crippen MR) is 125 cm³/mol. The first-order valence-electron chi connectivity index (χ1n) is 10.6. The molecule has 2 rings (SSSR count). The van der Waals surface area contributed by atoms with Crippen LogP contribution in [0.4, 0.5) is 10.5 Å². The van der Waals surface area contributed by atoms with Gasteiger partial charge in [0.1, 0.15) is 29.2 Å². The van der Waals surface area contributed by atoms with Gasteiger partial charge < -0.3 is 35.2 Å². The molecule has 0 saturated heterocycles. The molecule has 0 aliphatic rings. The maximum Gasteiger partial charge on any atom is 0.408 e. The first-order chi connectivity index (χ1) is 15.9. The van der Waals surface area contributed by atoms with Crippen molar-refractivity contribution < 1.29 is 34.1 Å². The summed E-state index contributed by atoms with van der Waals surface area (Å²) in [5.41, 5.74) is -0.0142. The average Bonchev–Trinajstić information content (AvgIpc) is 2.76. The Morgan fingerprint density at radius 3 is 2.26 bits per heavy atom. The summed E-state index contributed by atoms with van der Waals surface area (Å²) in [7, 11) is 2.89. The molecule has 34 heavy (non-hydrogen) atoms. The van der Waals surface area contributed by atoms with E-state index < -0.39 is 42.2 Å². The van der Waals surface area contributed by atoms with Gasteiger partial charge in [0.25, 0.3) is 5.91 Å². The second-order valence-corrected chi connectivity index (χ2v) is 8.55. The quantitative estimate of drug-likeness (QED) is 0.462. The number of carbonyl (C=O) groups is 3. The van der Waals surface area contributed by atoms with Crippen molar-refractivity contribution >= 4 is 23.6 Å². The number of nitrogens with one attached hydrogen (secondary N) is 2. The molecule has 2 aromatic rings. The molecule has 0 aromatic heterocycles. The number of nitrogens with zero attached hydrogens (tertiary/aromatic N) is 1. The zero-order valence-electron chi connectivity index (χ0n) is 19.9. The number of benzene rings is 2. The Balaban J connectivity index is 2.30. The maximum absolute atomic E-state index is 13.3. The number of alkyl carbamates (subject to hydrolysis) is 1. The Morgan fingerprint density at radius 1 is 1.09 bits per heavy atom. The molecular formula is C24H31N3O7. The molecule has 0 radical (unpaired) electrons. The molecule has 0 aliphatic heterocycles. The zero-order chi connectivity index (χ0) is 25.5. The molecule has 10 nitrogen and oxygen atoms in total. The number of hydrogen-bond donors (Lipinski definition) is 4. The van der Waals surface area contributed by atoms with E-state index in [2.05, 4.69) is 10.6 Å². The average molecular weight is 474 g/mol. The van der Waals surface area contributed by atoms with Gasteiger partial charge in [-0.3, -0.25) is 9.59 Å². The van der Waals surface area contributed by atoms with Crippen molar-refractivity contribution in [2.75, 3.05) is 26.1 Å². The van der Waals surface area contributed by atoms with E-state index in [0.29, 0.717) is 17.0 Å². The molecule has 2 atom stereocenters. The summed E-state index contributed by atoms with van der Waals surface area (Å²) in [6, 6.07) is 9.99. The first kappa shape index (κ1) is 26.5. The molecule has 0 fully saturated rings. The third-order valence-corrected chi connectivity index (χ3v) is 4.70. The molecule has 2 unspecified atom stereocenters. The Labute approximate surface area is 198 Å². The lowest BCUT2D eigenvalue weighted by Crippen LogP contribution is -2.52. The Kier molecular flexibility index (Phi) is 8.85. The zero-order valence-corrected chi connectivity index (χ0v) is 19.9. The van der Waals surface area contributed by atoms with E-state index in [1.807, 2.05) is 0 Å². The monoisotopic (exact) mass is 473 g/mol. The number of amides is 3. The van der Waals surface area contributed by atoms with Crippen molar-refractivity contribution in [3.63, 3.8) is 0 Å². The molecule has 0 bridgehead atoms. The number of anilines is 1. The number of rotatable bonds is 8. The van der Waals surface area contributed by atoms with Gasteiger partial charge in [0.15, 0.2) is 0 Å². The van der Waals surface area contributed by atoms with E-state index in [4.69, 9.17) is 9.47 Å². The van der Waals surface area contributed by atoms with Crippen LogP contribution in [0.2, 0.25) is 0 Å². The van der Waals surface area contributed by atoms with Crippen molar-refractivity contribution in [1.82, 2.24) is 10.2 Å². The second kappa shape index (κ2) is 11.4. The molecule has 4 N–H and O–H groups in total. The molecule has 0 saturated carbocycles. The predicted octanol–water partition coefficient (Wildman–Crippen LogP) is 2.42. The number of hydrogen-bond acceptors (Lipinski definition) is 7. The molecule has 184 valence electrons. The molecule has 0 spiro atoms. The van der Waals surface area contributed by atoms with Gasteiger partial charge in [0.05, 0.1) is 13.7 Å². The fraction of sp³-hybridized carbons (Fsp3) is 0.375. The van der Waals surface area contributed by atoms with Crippen molar-refractivity contribution in [3.8, 4) is 11.5 Å². The summed E-state index contributed by atoms with van der Waals surface area (Å²) in [5.74, 6) is -0.785. The van der Waals surface area contributed by atoms with Gasteiger partial charge in [-0.05, 0) is 62.7 Å². The third kappa shape index (κ3) is 7.38. The van der Waals surface area contributed by atoms with E-state index in [-0.39, 0.29) is 5.75 Å². The minimum Gasteiger partial charge on any atom is -0.508 e. The van der Waals surface area contributed by atoms with E-state index in [9.17, 15) is 24.6 Å². The summed E-state index contributed by atoms with van der Waals surface area (Å²) in [4.78, 5) is 39.6. The number of likely N-dealkylation sites (N-methyl/N-ethyl adjacent to an activating group) is 1. The van der Waals surface area contributed by atoms with Crippen LogP contribution < -0.4 is 15.4 Å². The largest absolute Gasteiger partial charge is 0.508 e. The summed E-state index contributed by atoms with van der Waals surface area (Å²) < 4.78 is 10.3. The minimum absolute atomic E-state index is 0.0915. The van der Waals surface area contributed by atoms with Crippen molar-refractivity contribution in [3.05, 3.63) is 54.1 Å². The highest BCUT2D eigenvalue weighted by atomic mass is 16.6. The van der Waals surface area contributed by atoms with Crippen LogP contribution in [-0.4, -0.2) is 65.4 Å². The Bertz CT molecular complexity index is 1000. The fourth-order valence-electron chi connectivity index (χ4n) is 3.14. The first-order valence-corrected chi connectivity index (χ1v) is 10.6. The highest BCUT2D eigenvalue weighted by molar-refractivity contribution is 5.99. The molecule has 0 heterocycles. The molecular weight excluding hydrogens is 442 g/mol. The summed E-state index contributed by atoms with van der Waals surface area (Å²) in [6.07, 6.45) is -0.884. The van der Waals surface area contributed by atoms with Crippen LogP contribution in [0.1, 0.15) is 32.4 Å². The number of aliphatic hydroxyl groups excluding tert-OH is 1. The van der Waals surface area contributed by atoms with E-state index in [1.165, 1.54) is 26.3 Å². The topological polar surface area (TPSA) is 137 Å². The number of methoxy groups -OCH3 is 1. The molecule has 0 aliphatic carbocycles. The van der Waals surface area contributed by atoms with Crippen molar-refractivity contribution in [1.29, 1.82) is 0 Å². The molecule has 3 amide bonds. The normalized spacial score (nSPS) is 12.8. The number of aliphatic hydroxyl groups is 1. The van der Waals surface area contributed by atoms with Gasteiger partial charge in [-0.1, -0.05) is 12.1 Å².